The first-order valence-electron chi connectivity index (χ1n) is 15.8. The fourth-order valence-corrected chi connectivity index (χ4v) is 7.06. The van der Waals surface area contributed by atoms with Gasteiger partial charge in [0.05, 0.1) is 17.9 Å². The van der Waals surface area contributed by atoms with E-state index in [0.29, 0.717) is 16.5 Å². The summed E-state index contributed by atoms with van der Waals surface area (Å²) in [7, 11) is -0.411. The highest BCUT2D eigenvalue weighted by Gasteiger charge is 2.51. The van der Waals surface area contributed by atoms with Crippen molar-refractivity contribution in [1.29, 1.82) is 0 Å². The van der Waals surface area contributed by atoms with E-state index in [1.165, 1.54) is 22.3 Å². The second kappa shape index (κ2) is 12.8. The predicted molar refractivity (Wildman–Crippen MR) is 180 cm³/mol. The maximum Gasteiger partial charge on any atom is 0.494 e. The molecule has 4 nitrogen and oxygen atoms in total. The highest BCUT2D eigenvalue weighted by molar-refractivity contribution is 6.62. The summed E-state index contributed by atoms with van der Waals surface area (Å²) in [6.07, 6.45) is 4.46. The standard InChI is InChI=1S/C36H41BCl2FNO3/c1-35(2)36(3,4)44-37(43-35)26-11-15-30-25(21-26)7-5-8-32(31-16-12-27(38)22-33(31)39)34(30)24-9-13-28(14-10-24)42-29-17-20-41(23-29)19-6-18-40/h9-16,21-22,29H,5-8,17-20,23H2,1-4H3/t29-/m0/s1. The molecule has 2 aliphatic heterocycles. The molecule has 6 rings (SSSR count). The number of likely N-dealkylation sites (tertiary alicyclic amines) is 1. The van der Waals surface area contributed by atoms with E-state index in [4.69, 9.17) is 37.2 Å². The van der Waals surface area contributed by atoms with Crippen molar-refractivity contribution in [2.45, 2.75) is 77.1 Å². The number of alkyl halides is 1. The van der Waals surface area contributed by atoms with E-state index in [9.17, 15) is 4.39 Å². The van der Waals surface area contributed by atoms with Gasteiger partial charge in [-0.2, -0.15) is 0 Å². The summed E-state index contributed by atoms with van der Waals surface area (Å²) in [4.78, 5) is 2.28. The van der Waals surface area contributed by atoms with Gasteiger partial charge in [0.1, 0.15) is 11.9 Å². The first-order valence-corrected chi connectivity index (χ1v) is 16.5. The molecule has 2 heterocycles. The monoisotopic (exact) mass is 635 g/mol. The third-order valence-corrected chi connectivity index (χ3v) is 10.2. The van der Waals surface area contributed by atoms with Gasteiger partial charge >= 0.3 is 7.12 Å². The maximum absolute atomic E-state index is 12.6. The van der Waals surface area contributed by atoms with Gasteiger partial charge in [0.2, 0.25) is 0 Å². The lowest BCUT2D eigenvalue weighted by atomic mass is 9.76. The normalized spacial score (nSPS) is 21.4. The minimum atomic E-state index is -0.411. The predicted octanol–water partition coefficient (Wildman–Crippen LogP) is 8.40. The molecule has 232 valence electrons. The summed E-state index contributed by atoms with van der Waals surface area (Å²) in [6.45, 7) is 10.6. The van der Waals surface area contributed by atoms with Crippen LogP contribution < -0.4 is 10.2 Å². The Balaban J connectivity index is 1.35. The number of fused-ring (bicyclic) bond motifs is 1. The molecule has 0 spiro atoms. The molecule has 1 atom stereocenters. The Kier molecular flexibility index (Phi) is 9.21. The van der Waals surface area contributed by atoms with Crippen LogP contribution in [0.15, 0.2) is 60.7 Å². The van der Waals surface area contributed by atoms with Gasteiger partial charge in [-0.1, -0.05) is 59.6 Å². The molecule has 0 bridgehead atoms. The van der Waals surface area contributed by atoms with Gasteiger partial charge in [-0.3, -0.25) is 9.29 Å². The van der Waals surface area contributed by atoms with Gasteiger partial charge in [-0.05, 0) is 123 Å². The number of aryl methyl sites for hydroxylation is 1. The number of allylic oxidation sites excluding steroid dienone is 1. The third kappa shape index (κ3) is 6.48. The van der Waals surface area contributed by atoms with Gasteiger partial charge < -0.3 is 14.0 Å². The minimum Gasteiger partial charge on any atom is -0.489 e. The minimum absolute atomic E-state index is 0.120. The number of benzene rings is 3. The Labute approximate surface area is 271 Å². The number of hydrogen-bond acceptors (Lipinski definition) is 4. The van der Waals surface area contributed by atoms with Crippen LogP contribution in [-0.2, 0) is 15.7 Å². The summed E-state index contributed by atoms with van der Waals surface area (Å²) in [5, 5.41) is 1.28. The van der Waals surface area contributed by atoms with Crippen molar-refractivity contribution in [1.82, 2.24) is 4.90 Å². The SMILES string of the molecule is CC1(C)OB(c2ccc3c(c2)CCCC(c2ccc(Cl)cc2Cl)=C3c2ccc(O[C@H]3CCN(CCCF)C3)cc2)OC1(C)C. The van der Waals surface area contributed by atoms with E-state index >= 15 is 0 Å². The summed E-state index contributed by atoms with van der Waals surface area (Å²) in [5.74, 6) is 0.850. The number of ether oxygens (including phenoxy) is 1. The largest absolute Gasteiger partial charge is 0.494 e. The van der Waals surface area contributed by atoms with Crippen molar-refractivity contribution in [2.24, 2.45) is 0 Å². The van der Waals surface area contributed by atoms with Crippen LogP contribution in [0.5, 0.6) is 5.75 Å². The van der Waals surface area contributed by atoms with Crippen LogP contribution in [0, 0.1) is 0 Å². The number of hydrogen-bond donors (Lipinski definition) is 0. The zero-order chi connectivity index (χ0) is 31.1. The van der Waals surface area contributed by atoms with Gasteiger partial charge in [0.15, 0.2) is 0 Å². The zero-order valence-corrected chi connectivity index (χ0v) is 27.6. The molecule has 0 saturated carbocycles. The average Bonchev–Trinajstić information content (AvgIpc) is 3.45. The van der Waals surface area contributed by atoms with Crippen LogP contribution in [0.4, 0.5) is 4.39 Å². The molecule has 3 aromatic carbocycles. The van der Waals surface area contributed by atoms with Gasteiger partial charge in [0.25, 0.3) is 0 Å². The Morgan fingerprint density at radius 3 is 2.36 bits per heavy atom. The molecule has 0 N–H and O–H groups in total. The molecule has 2 fully saturated rings. The van der Waals surface area contributed by atoms with Crippen molar-refractivity contribution in [2.75, 3.05) is 26.3 Å². The zero-order valence-electron chi connectivity index (χ0n) is 26.1. The van der Waals surface area contributed by atoms with E-state index in [1.54, 1.807) is 0 Å². The lowest BCUT2D eigenvalue weighted by Crippen LogP contribution is -2.41. The summed E-state index contributed by atoms with van der Waals surface area (Å²) in [5.41, 5.74) is 7.20. The van der Waals surface area contributed by atoms with E-state index in [2.05, 4.69) is 75.1 Å². The van der Waals surface area contributed by atoms with Gasteiger partial charge in [-0.15, -0.1) is 0 Å². The molecule has 8 heteroatoms. The fraction of sp³-hybridized carbons (Fsp3) is 0.444. The van der Waals surface area contributed by atoms with E-state index in [-0.39, 0.29) is 12.8 Å². The molecular formula is C36H41BCl2FNO3. The Hall–Kier alpha value is -2.35. The maximum atomic E-state index is 12.6. The highest BCUT2D eigenvalue weighted by Crippen LogP contribution is 2.43. The molecular weight excluding hydrogens is 595 g/mol. The molecule has 0 amide bonds. The van der Waals surface area contributed by atoms with E-state index in [1.807, 2.05) is 18.2 Å². The number of rotatable bonds is 8. The smallest absolute Gasteiger partial charge is 0.489 e. The van der Waals surface area contributed by atoms with Gasteiger partial charge in [-0.25, -0.2) is 0 Å². The quantitative estimate of drug-likeness (QED) is 0.233. The van der Waals surface area contributed by atoms with Crippen LogP contribution in [0.3, 0.4) is 0 Å². The molecule has 3 aliphatic rings. The molecule has 0 unspecified atom stereocenters. The molecule has 3 aromatic rings. The Morgan fingerprint density at radius 1 is 0.932 bits per heavy atom. The fourth-order valence-electron chi connectivity index (χ4n) is 6.54. The second-order valence-corrected chi connectivity index (χ2v) is 14.1. The molecule has 1 aliphatic carbocycles. The van der Waals surface area contributed by atoms with Crippen molar-refractivity contribution >= 4 is 46.9 Å². The van der Waals surface area contributed by atoms with Crippen LogP contribution in [0.2, 0.25) is 10.0 Å². The Bertz CT molecular complexity index is 1520. The number of nitrogens with zero attached hydrogens (tertiary/aromatic N) is 1. The first kappa shape index (κ1) is 31.6. The lowest BCUT2D eigenvalue weighted by Gasteiger charge is -2.32. The summed E-state index contributed by atoms with van der Waals surface area (Å²) in [6, 6.07) is 20.8. The number of halogens is 3. The first-order chi connectivity index (χ1) is 21.0. The van der Waals surface area contributed by atoms with Gasteiger partial charge in [0, 0.05) is 29.7 Å². The average molecular weight is 636 g/mol. The lowest BCUT2D eigenvalue weighted by molar-refractivity contribution is 0.00578. The highest BCUT2D eigenvalue weighted by atomic mass is 35.5. The molecule has 0 aromatic heterocycles. The Morgan fingerprint density at radius 2 is 1.66 bits per heavy atom. The molecule has 0 radical (unpaired) electrons. The summed E-state index contributed by atoms with van der Waals surface area (Å²) < 4.78 is 31.8. The van der Waals surface area contributed by atoms with Crippen molar-refractivity contribution < 1.29 is 18.4 Å². The van der Waals surface area contributed by atoms with Crippen molar-refractivity contribution in [3.05, 3.63) is 93.0 Å². The van der Waals surface area contributed by atoms with Crippen molar-refractivity contribution in [3.8, 4) is 5.75 Å². The summed E-state index contributed by atoms with van der Waals surface area (Å²) >= 11 is 13.1. The third-order valence-electron chi connectivity index (χ3n) is 9.64. The van der Waals surface area contributed by atoms with E-state index < -0.39 is 18.3 Å². The van der Waals surface area contributed by atoms with Crippen molar-refractivity contribution in [3.63, 3.8) is 0 Å². The van der Waals surface area contributed by atoms with E-state index in [0.717, 1.165) is 67.7 Å². The second-order valence-electron chi connectivity index (χ2n) is 13.2. The van der Waals surface area contributed by atoms with Crippen LogP contribution in [0.25, 0.3) is 11.1 Å². The van der Waals surface area contributed by atoms with Crippen LogP contribution >= 0.6 is 23.2 Å². The topological polar surface area (TPSA) is 30.9 Å². The molecule has 44 heavy (non-hydrogen) atoms. The molecule has 2 saturated heterocycles. The van der Waals surface area contributed by atoms with Crippen LogP contribution in [-0.4, -0.2) is 55.6 Å². The van der Waals surface area contributed by atoms with Crippen LogP contribution in [0.1, 0.15) is 75.6 Å².